The zero-order chi connectivity index (χ0) is 19.8. The molecular weight excluding hydrogens is 378 g/mol. The quantitative estimate of drug-likeness (QED) is 0.352. The van der Waals surface area contributed by atoms with E-state index in [0.717, 1.165) is 34.7 Å². The molecule has 2 aromatic carbocycles. The predicted molar refractivity (Wildman–Crippen MR) is 108 cm³/mol. The summed E-state index contributed by atoms with van der Waals surface area (Å²) in [4.78, 5) is 23.1. The highest BCUT2D eigenvalue weighted by Crippen LogP contribution is 2.23. The molecule has 1 amide bonds. The fourth-order valence-corrected chi connectivity index (χ4v) is 2.92. The zero-order valence-electron chi connectivity index (χ0n) is 15.0. The van der Waals surface area contributed by atoms with E-state index in [1.54, 1.807) is 6.21 Å². The number of carbonyl (C=O) groups excluding carboxylic acids is 2. The molecule has 0 spiro atoms. The van der Waals surface area contributed by atoms with Crippen molar-refractivity contribution in [3.63, 3.8) is 0 Å². The predicted octanol–water partition coefficient (Wildman–Crippen LogP) is 2.88. The first-order chi connectivity index (χ1) is 13.6. The van der Waals surface area contributed by atoms with Crippen LogP contribution in [0.15, 0.2) is 75.8 Å². The van der Waals surface area contributed by atoms with Gasteiger partial charge in [-0.05, 0) is 47.2 Å². The van der Waals surface area contributed by atoms with Crippen molar-refractivity contribution in [2.45, 2.75) is 6.61 Å². The van der Waals surface area contributed by atoms with E-state index in [1.165, 1.54) is 7.11 Å². The molecular formula is C20H17N3O4S. The average Bonchev–Trinajstić information content (AvgIpc) is 3.07. The van der Waals surface area contributed by atoms with Crippen LogP contribution in [0.2, 0.25) is 0 Å². The summed E-state index contributed by atoms with van der Waals surface area (Å²) in [6.45, 7) is 0.500. The molecule has 1 fully saturated rings. The number of carbonyl (C=O) groups is 2. The van der Waals surface area contributed by atoms with E-state index in [2.05, 4.69) is 20.3 Å². The summed E-state index contributed by atoms with van der Waals surface area (Å²) < 4.78 is 10.2. The Balaban J connectivity index is 1.55. The number of methoxy groups -OCH3 is 1. The van der Waals surface area contributed by atoms with Gasteiger partial charge in [0.2, 0.25) is 0 Å². The highest BCUT2D eigenvalue weighted by molar-refractivity contribution is 8.18. The largest absolute Gasteiger partial charge is 0.489 e. The highest BCUT2D eigenvalue weighted by atomic mass is 32.2. The number of benzene rings is 2. The molecule has 7 nitrogen and oxygen atoms in total. The number of nitrogens with zero attached hydrogens (tertiary/aromatic N) is 2. The summed E-state index contributed by atoms with van der Waals surface area (Å²) in [5.74, 6) is -0.259. The highest BCUT2D eigenvalue weighted by Gasteiger charge is 2.24. The van der Waals surface area contributed by atoms with Crippen molar-refractivity contribution in [1.29, 1.82) is 0 Å². The van der Waals surface area contributed by atoms with Crippen molar-refractivity contribution in [3.05, 3.63) is 76.7 Å². The van der Waals surface area contributed by atoms with Crippen molar-refractivity contribution >= 4 is 35.0 Å². The van der Waals surface area contributed by atoms with Gasteiger partial charge in [-0.15, -0.1) is 5.10 Å². The van der Waals surface area contributed by atoms with Gasteiger partial charge in [0.15, 0.2) is 5.17 Å². The Hall–Kier alpha value is -3.39. The minimum Gasteiger partial charge on any atom is -0.489 e. The number of hydrogen-bond acceptors (Lipinski definition) is 7. The Morgan fingerprint density at radius 3 is 2.61 bits per heavy atom. The molecule has 0 aromatic heterocycles. The molecule has 0 radical (unpaired) electrons. The first-order valence-electron chi connectivity index (χ1n) is 8.31. The van der Waals surface area contributed by atoms with E-state index in [4.69, 9.17) is 4.74 Å². The summed E-state index contributed by atoms with van der Waals surface area (Å²) in [5, 5.41) is 10.7. The first kappa shape index (κ1) is 19.4. The molecule has 1 aliphatic rings. The Morgan fingerprint density at radius 2 is 1.89 bits per heavy atom. The summed E-state index contributed by atoms with van der Waals surface area (Å²) in [5.41, 5.74) is 1.93. The van der Waals surface area contributed by atoms with E-state index in [1.807, 2.05) is 54.6 Å². The number of amidine groups is 1. The average molecular weight is 395 g/mol. The van der Waals surface area contributed by atoms with Crippen molar-refractivity contribution in [3.8, 4) is 5.75 Å². The van der Waals surface area contributed by atoms with Gasteiger partial charge >= 0.3 is 5.97 Å². The van der Waals surface area contributed by atoms with Crippen LogP contribution in [0.1, 0.15) is 11.1 Å². The van der Waals surface area contributed by atoms with Gasteiger partial charge in [0.25, 0.3) is 5.91 Å². The number of rotatable bonds is 6. The summed E-state index contributed by atoms with van der Waals surface area (Å²) >= 11 is 1.02. The van der Waals surface area contributed by atoms with Gasteiger partial charge in [0, 0.05) is 6.08 Å². The lowest BCUT2D eigenvalue weighted by Gasteiger charge is -2.06. The molecule has 1 N–H and O–H groups in total. The van der Waals surface area contributed by atoms with Gasteiger partial charge in [0.05, 0.1) is 18.2 Å². The molecule has 1 saturated heterocycles. The monoisotopic (exact) mass is 395 g/mol. The van der Waals surface area contributed by atoms with Crippen LogP contribution < -0.4 is 10.1 Å². The van der Waals surface area contributed by atoms with Gasteiger partial charge in [-0.3, -0.25) is 10.1 Å². The Bertz CT molecular complexity index is 938. The van der Waals surface area contributed by atoms with Crippen molar-refractivity contribution < 1.29 is 19.1 Å². The molecule has 142 valence electrons. The van der Waals surface area contributed by atoms with Crippen molar-refractivity contribution in [2.24, 2.45) is 10.2 Å². The number of nitrogens with one attached hydrogen (secondary N) is 1. The van der Waals surface area contributed by atoms with E-state index in [-0.39, 0.29) is 4.91 Å². The fraction of sp³-hybridized carbons (Fsp3) is 0.100. The van der Waals surface area contributed by atoms with Gasteiger partial charge in [-0.2, -0.15) is 5.10 Å². The number of hydrogen-bond donors (Lipinski definition) is 1. The molecule has 0 aliphatic carbocycles. The number of esters is 1. The van der Waals surface area contributed by atoms with Gasteiger partial charge < -0.3 is 9.47 Å². The second-order valence-electron chi connectivity index (χ2n) is 5.58. The van der Waals surface area contributed by atoms with Gasteiger partial charge in [-0.25, -0.2) is 4.79 Å². The zero-order valence-corrected chi connectivity index (χ0v) is 15.8. The standard InChI is InChI=1S/C20H17N3O4S/c1-26-18(24)11-17-19(25)22-20(28-17)23-21-12-14-7-9-16(10-8-14)27-13-15-5-3-2-4-6-15/h2-12H,13H2,1H3,(H,22,23,25)/b17-11-,21-12+. The van der Waals surface area contributed by atoms with Crippen LogP contribution in [0, 0.1) is 0 Å². The number of ether oxygens (including phenoxy) is 2. The normalized spacial score (nSPS) is 16.5. The Labute approximate surface area is 166 Å². The van der Waals surface area contributed by atoms with Gasteiger partial charge in [0.1, 0.15) is 12.4 Å². The van der Waals surface area contributed by atoms with E-state index >= 15 is 0 Å². The van der Waals surface area contributed by atoms with Gasteiger partial charge in [-0.1, -0.05) is 30.3 Å². The third kappa shape index (κ3) is 5.55. The summed E-state index contributed by atoms with van der Waals surface area (Å²) in [7, 11) is 1.24. The molecule has 28 heavy (non-hydrogen) atoms. The van der Waals surface area contributed by atoms with E-state index in [0.29, 0.717) is 11.8 Å². The van der Waals surface area contributed by atoms with Crippen molar-refractivity contribution in [1.82, 2.24) is 5.32 Å². The molecule has 3 rings (SSSR count). The SMILES string of the molecule is COC(=O)/C=C1\SC(=N/N=C/c2ccc(OCc3ccccc3)cc2)NC1=O. The molecule has 8 heteroatoms. The third-order valence-corrected chi connectivity index (χ3v) is 4.49. The maximum Gasteiger partial charge on any atom is 0.331 e. The molecule has 1 aliphatic heterocycles. The maximum absolute atomic E-state index is 11.7. The first-order valence-corrected chi connectivity index (χ1v) is 9.12. The third-order valence-electron chi connectivity index (χ3n) is 3.58. The molecule has 0 saturated carbocycles. The van der Waals surface area contributed by atoms with Crippen LogP contribution in [0.25, 0.3) is 0 Å². The Kier molecular flexibility index (Phi) is 6.59. The lowest BCUT2D eigenvalue weighted by atomic mass is 10.2. The molecule has 1 heterocycles. The van der Waals surface area contributed by atoms with Crippen molar-refractivity contribution in [2.75, 3.05) is 7.11 Å². The van der Waals surface area contributed by atoms with E-state index < -0.39 is 11.9 Å². The smallest absolute Gasteiger partial charge is 0.331 e. The number of thioether (sulfide) groups is 1. The van der Waals surface area contributed by atoms with E-state index in [9.17, 15) is 9.59 Å². The van der Waals surface area contributed by atoms with Crippen LogP contribution >= 0.6 is 11.8 Å². The lowest BCUT2D eigenvalue weighted by Crippen LogP contribution is -2.19. The lowest BCUT2D eigenvalue weighted by molar-refractivity contribution is -0.135. The second-order valence-corrected chi connectivity index (χ2v) is 6.61. The topological polar surface area (TPSA) is 89.3 Å². The maximum atomic E-state index is 11.7. The van der Waals surface area contributed by atoms with Crippen LogP contribution in [-0.4, -0.2) is 30.4 Å². The minimum absolute atomic E-state index is 0.209. The van der Waals surface area contributed by atoms with Crippen LogP contribution in [0.3, 0.4) is 0 Å². The minimum atomic E-state index is -0.600. The van der Waals surface area contributed by atoms with Crippen LogP contribution in [0.5, 0.6) is 5.75 Å². The van der Waals surface area contributed by atoms with Crippen LogP contribution in [-0.2, 0) is 20.9 Å². The molecule has 2 aromatic rings. The molecule has 0 unspecified atom stereocenters. The van der Waals surface area contributed by atoms with Crippen LogP contribution in [0.4, 0.5) is 0 Å². The fourth-order valence-electron chi connectivity index (χ4n) is 2.18. The second kappa shape index (κ2) is 9.52. The summed E-state index contributed by atoms with van der Waals surface area (Å²) in [6.07, 6.45) is 2.67. The number of amides is 1. The molecule has 0 bridgehead atoms. The summed E-state index contributed by atoms with van der Waals surface area (Å²) in [6, 6.07) is 17.3. The molecule has 0 atom stereocenters. The Morgan fingerprint density at radius 1 is 1.14 bits per heavy atom.